The van der Waals surface area contributed by atoms with Gasteiger partial charge in [0.1, 0.15) is 17.4 Å². The number of alkyl halides is 3. The second-order valence-corrected chi connectivity index (χ2v) is 8.18. The maximum atomic E-state index is 12.7. The lowest BCUT2D eigenvalue weighted by molar-refractivity contribution is 0.146. The highest BCUT2D eigenvalue weighted by Gasteiger charge is 2.19. The Bertz CT molecular complexity index is 754. The van der Waals surface area contributed by atoms with Gasteiger partial charge in [-0.15, -0.1) is 10.2 Å². The molecular weight excluding hydrogens is 337 g/mol. The molecule has 0 aliphatic rings. The average molecular weight is 350 g/mol. The Morgan fingerprint density at radius 1 is 1.36 bits per heavy atom. The largest absolute Gasteiger partial charge is 0.280 e. The fraction of sp³-hybridized carbons (Fsp3) is 0.417. The summed E-state index contributed by atoms with van der Waals surface area (Å²) >= 11 is 0.921. The van der Waals surface area contributed by atoms with Crippen molar-refractivity contribution in [3.05, 3.63) is 34.6 Å². The average Bonchev–Trinajstić information content (AvgIpc) is 2.93. The number of nitrogens with zero attached hydrogens (tertiary/aromatic N) is 4. The first-order valence-electron chi connectivity index (χ1n) is 6.17. The van der Waals surface area contributed by atoms with Gasteiger partial charge in [-0.3, -0.25) is 4.98 Å². The monoisotopic (exact) mass is 350 g/mol. The molecule has 10 heteroatoms. The zero-order valence-corrected chi connectivity index (χ0v) is 13.4. The number of aromatic nitrogens is 3. The van der Waals surface area contributed by atoms with Gasteiger partial charge in [-0.2, -0.15) is 4.36 Å². The molecule has 0 aromatic carbocycles. The van der Waals surface area contributed by atoms with Gasteiger partial charge >= 0.3 is 0 Å². The van der Waals surface area contributed by atoms with Crippen molar-refractivity contribution in [2.24, 2.45) is 4.36 Å². The molecule has 2 rings (SSSR count). The summed E-state index contributed by atoms with van der Waals surface area (Å²) in [5.41, 5.74) is 0.183. The fourth-order valence-electron chi connectivity index (χ4n) is 1.61. The zero-order chi connectivity index (χ0) is 16.3. The minimum Gasteiger partial charge on any atom is -0.255 e. The van der Waals surface area contributed by atoms with Crippen LogP contribution < -0.4 is 0 Å². The van der Waals surface area contributed by atoms with Crippen LogP contribution in [0.25, 0.3) is 0 Å². The molecule has 0 aliphatic heterocycles. The van der Waals surface area contributed by atoms with E-state index in [0.29, 0.717) is 5.56 Å². The highest BCUT2D eigenvalue weighted by atomic mass is 32.2. The van der Waals surface area contributed by atoms with Crippen molar-refractivity contribution >= 4 is 26.2 Å². The van der Waals surface area contributed by atoms with Crippen LogP contribution >= 0.6 is 11.3 Å². The van der Waals surface area contributed by atoms with E-state index in [0.717, 1.165) is 11.3 Å². The van der Waals surface area contributed by atoms with Crippen LogP contribution in [0.4, 0.5) is 18.3 Å². The highest BCUT2D eigenvalue weighted by Crippen LogP contribution is 2.28. The molecule has 0 fully saturated rings. The van der Waals surface area contributed by atoms with Crippen molar-refractivity contribution in [2.45, 2.75) is 25.3 Å². The van der Waals surface area contributed by atoms with Gasteiger partial charge < -0.3 is 0 Å². The van der Waals surface area contributed by atoms with Gasteiger partial charge in [-0.25, -0.2) is 17.4 Å². The van der Waals surface area contributed by atoms with Crippen molar-refractivity contribution in [3.8, 4) is 0 Å². The Morgan fingerprint density at radius 2 is 2.09 bits per heavy atom. The van der Waals surface area contributed by atoms with Crippen LogP contribution in [0.3, 0.4) is 0 Å². The van der Waals surface area contributed by atoms with Crippen LogP contribution in [0.2, 0.25) is 0 Å². The van der Waals surface area contributed by atoms with Gasteiger partial charge in [0.15, 0.2) is 0 Å². The Balaban J connectivity index is 2.29. The first kappa shape index (κ1) is 16.8. The second kappa shape index (κ2) is 6.69. The first-order valence-corrected chi connectivity index (χ1v) is 8.97. The van der Waals surface area contributed by atoms with Crippen LogP contribution in [-0.4, -0.2) is 25.6 Å². The van der Waals surface area contributed by atoms with Gasteiger partial charge in [0.25, 0.3) is 6.43 Å². The summed E-state index contributed by atoms with van der Waals surface area (Å²) in [6.07, 6.45) is 0.0354. The smallest absolute Gasteiger partial charge is 0.255 e. The lowest BCUT2D eigenvalue weighted by Crippen LogP contribution is -2.08. The molecule has 2 unspecified atom stereocenters. The van der Waals surface area contributed by atoms with Gasteiger partial charge in [0.2, 0.25) is 5.13 Å². The Morgan fingerprint density at radius 3 is 2.59 bits per heavy atom. The topological polar surface area (TPSA) is 68.1 Å². The molecule has 0 N–H and O–H groups in total. The molecule has 22 heavy (non-hydrogen) atoms. The predicted octanol–water partition coefficient (Wildman–Crippen LogP) is 3.83. The highest BCUT2D eigenvalue weighted by molar-refractivity contribution is 7.93. The summed E-state index contributed by atoms with van der Waals surface area (Å²) in [5.74, 6) is 0. The molecule has 2 atom stereocenters. The predicted molar refractivity (Wildman–Crippen MR) is 78.5 cm³/mol. The van der Waals surface area contributed by atoms with Crippen molar-refractivity contribution < 1.29 is 17.4 Å². The van der Waals surface area contributed by atoms with Gasteiger partial charge in [0, 0.05) is 12.5 Å². The van der Waals surface area contributed by atoms with Crippen LogP contribution in [0.5, 0.6) is 0 Å². The van der Waals surface area contributed by atoms with E-state index in [1.165, 1.54) is 24.6 Å². The molecule has 0 saturated carbocycles. The van der Waals surface area contributed by atoms with Crippen LogP contribution in [0.15, 0.2) is 22.7 Å². The van der Waals surface area contributed by atoms with E-state index < -0.39 is 28.1 Å². The Kier molecular flexibility index (Phi) is 5.12. The van der Waals surface area contributed by atoms with Gasteiger partial charge in [-0.1, -0.05) is 17.4 Å². The Hall–Kier alpha value is -1.55. The molecule has 0 saturated heterocycles. The summed E-state index contributed by atoms with van der Waals surface area (Å²) in [4.78, 5) is 3.65. The van der Waals surface area contributed by atoms with E-state index in [4.69, 9.17) is 0 Å². The molecule has 0 radical (unpaired) electrons. The maximum absolute atomic E-state index is 12.7. The molecule has 2 aromatic rings. The van der Waals surface area contributed by atoms with Gasteiger partial charge in [-0.05, 0) is 18.6 Å². The summed E-state index contributed by atoms with van der Waals surface area (Å²) < 4.78 is 54.1. The van der Waals surface area contributed by atoms with Crippen molar-refractivity contribution in [2.75, 3.05) is 6.26 Å². The van der Waals surface area contributed by atoms with Crippen molar-refractivity contribution in [3.63, 3.8) is 0 Å². The van der Waals surface area contributed by atoms with Crippen LogP contribution in [-0.2, 0) is 16.4 Å². The lowest BCUT2D eigenvalue weighted by Gasteiger charge is -2.13. The van der Waals surface area contributed by atoms with E-state index in [1.54, 1.807) is 6.92 Å². The minimum atomic E-state index is -2.76. The summed E-state index contributed by atoms with van der Waals surface area (Å²) in [5, 5.41) is 6.95. The fourth-order valence-corrected chi connectivity index (χ4v) is 3.78. The lowest BCUT2D eigenvalue weighted by atomic mass is 10.2. The van der Waals surface area contributed by atoms with E-state index >= 15 is 0 Å². The second-order valence-electron chi connectivity index (χ2n) is 4.52. The Labute approximate surface area is 129 Å². The molecule has 120 valence electrons. The van der Waals surface area contributed by atoms with E-state index in [2.05, 4.69) is 19.5 Å². The third-order valence-electron chi connectivity index (χ3n) is 2.99. The molecule has 2 aromatic heterocycles. The molecule has 2 heterocycles. The quantitative estimate of drug-likeness (QED) is 0.822. The molecule has 0 bridgehead atoms. The molecule has 0 spiro atoms. The van der Waals surface area contributed by atoms with E-state index in [9.17, 15) is 17.4 Å². The molecule has 0 aliphatic carbocycles. The number of hydrogen-bond donors (Lipinski definition) is 0. The number of rotatable bonds is 5. The number of halogens is 3. The van der Waals surface area contributed by atoms with Crippen molar-refractivity contribution in [1.29, 1.82) is 0 Å². The summed E-state index contributed by atoms with van der Waals surface area (Å²) in [6.45, 7) is 0.897. The van der Waals surface area contributed by atoms with E-state index in [1.807, 2.05) is 0 Å². The third kappa shape index (κ3) is 3.80. The number of hydrogen-bond acceptors (Lipinski definition) is 6. The normalized spacial score (nSPS) is 15.5. The third-order valence-corrected chi connectivity index (χ3v) is 6.01. The number of pyridine rings is 1. The zero-order valence-electron chi connectivity index (χ0n) is 11.7. The van der Waals surface area contributed by atoms with Crippen molar-refractivity contribution in [1.82, 2.24) is 15.2 Å². The standard InChI is InChI=1S/C12H13F3N4OS2/c1-7(8-3-4-9(11(14)15)16-6-8)22(2,20)19-12-18-17-10(5-13)21-12/h3-4,6-7,11H,5H2,1-2H3. The van der Waals surface area contributed by atoms with Crippen LogP contribution in [0, 0.1) is 0 Å². The summed E-state index contributed by atoms with van der Waals surface area (Å²) in [6, 6.07) is 2.64. The van der Waals surface area contributed by atoms with Crippen LogP contribution in [0.1, 0.15) is 34.9 Å². The van der Waals surface area contributed by atoms with E-state index in [-0.39, 0.29) is 15.8 Å². The molecule has 0 amide bonds. The minimum absolute atomic E-state index is 0.129. The molecule has 5 nitrogen and oxygen atoms in total. The first-order chi connectivity index (χ1) is 10.3. The SMILES string of the molecule is CC(c1ccc(C(F)F)nc1)S(C)(=O)=Nc1nnc(CF)s1. The van der Waals surface area contributed by atoms with Gasteiger partial charge in [0.05, 0.1) is 15.0 Å². The maximum Gasteiger partial charge on any atom is 0.280 e. The summed E-state index contributed by atoms with van der Waals surface area (Å²) in [7, 11) is -2.76. The molecular formula is C12H13F3N4OS2.